The highest BCUT2D eigenvalue weighted by Crippen LogP contribution is 2.37. The van der Waals surface area contributed by atoms with Crippen molar-refractivity contribution in [3.8, 4) is 0 Å². The maximum atomic E-state index is 6.19. The number of nitrogens with zero attached hydrogens (tertiary/aromatic N) is 1. The molecule has 0 radical (unpaired) electrons. The van der Waals surface area contributed by atoms with Crippen molar-refractivity contribution in [2.45, 2.75) is 38.9 Å². The molecule has 2 aromatic carbocycles. The molecule has 4 heteroatoms. The lowest BCUT2D eigenvalue weighted by Gasteiger charge is -2.32. The predicted octanol–water partition coefficient (Wildman–Crippen LogP) is 3.21. The van der Waals surface area contributed by atoms with Crippen molar-refractivity contribution in [2.24, 2.45) is 0 Å². The zero-order chi connectivity index (χ0) is 16.1. The van der Waals surface area contributed by atoms with Crippen molar-refractivity contribution in [3.05, 3.63) is 36.4 Å². The van der Waals surface area contributed by atoms with E-state index < -0.39 is 0 Å². The van der Waals surface area contributed by atoms with Crippen molar-refractivity contribution in [1.29, 1.82) is 0 Å². The molecular formula is C18H24BNO2. The van der Waals surface area contributed by atoms with Gasteiger partial charge in [-0.15, -0.1) is 0 Å². The van der Waals surface area contributed by atoms with E-state index in [-0.39, 0.29) is 18.3 Å². The molecule has 0 unspecified atom stereocenters. The molecule has 0 N–H and O–H groups in total. The minimum absolute atomic E-state index is 0.318. The Bertz CT molecular complexity index is 693. The summed E-state index contributed by atoms with van der Waals surface area (Å²) in [7, 11) is 3.80. The maximum Gasteiger partial charge on any atom is 0.494 e. The molecule has 0 aliphatic carbocycles. The Morgan fingerprint density at radius 2 is 1.50 bits per heavy atom. The molecule has 0 bridgehead atoms. The van der Waals surface area contributed by atoms with Gasteiger partial charge < -0.3 is 14.2 Å². The summed E-state index contributed by atoms with van der Waals surface area (Å²) in [6, 6.07) is 12.8. The van der Waals surface area contributed by atoms with Gasteiger partial charge in [0.15, 0.2) is 0 Å². The Balaban J connectivity index is 2.09. The summed E-state index contributed by atoms with van der Waals surface area (Å²) in [6.45, 7) is 8.34. The van der Waals surface area contributed by atoms with Crippen LogP contribution in [0, 0.1) is 0 Å². The quantitative estimate of drug-likeness (QED) is 0.795. The zero-order valence-electron chi connectivity index (χ0n) is 14.3. The van der Waals surface area contributed by atoms with E-state index in [0.717, 1.165) is 5.46 Å². The third-order valence-corrected chi connectivity index (χ3v) is 4.87. The molecule has 22 heavy (non-hydrogen) atoms. The first-order valence-electron chi connectivity index (χ1n) is 7.77. The van der Waals surface area contributed by atoms with Crippen LogP contribution >= 0.6 is 0 Å². The number of benzene rings is 2. The van der Waals surface area contributed by atoms with Crippen molar-refractivity contribution >= 4 is 29.0 Å². The smallest absolute Gasteiger partial charge is 0.399 e. The van der Waals surface area contributed by atoms with E-state index in [0.29, 0.717) is 0 Å². The van der Waals surface area contributed by atoms with Crippen molar-refractivity contribution in [3.63, 3.8) is 0 Å². The normalized spacial score (nSPS) is 19.6. The molecule has 0 saturated carbocycles. The highest BCUT2D eigenvalue weighted by Gasteiger charge is 2.51. The average Bonchev–Trinajstić information content (AvgIpc) is 2.66. The van der Waals surface area contributed by atoms with Crippen LogP contribution in [-0.2, 0) is 9.31 Å². The van der Waals surface area contributed by atoms with Crippen molar-refractivity contribution in [1.82, 2.24) is 0 Å². The first-order chi connectivity index (χ1) is 10.2. The van der Waals surface area contributed by atoms with Gasteiger partial charge in [0.25, 0.3) is 0 Å². The van der Waals surface area contributed by atoms with Crippen molar-refractivity contribution < 1.29 is 9.31 Å². The van der Waals surface area contributed by atoms with Gasteiger partial charge in [-0.05, 0) is 44.6 Å². The SMILES string of the molecule is CN(C)c1cc(B2OC(C)(C)C(C)(C)O2)cc2ccccc12. The highest BCUT2D eigenvalue weighted by molar-refractivity contribution is 6.62. The molecule has 0 amide bonds. The Labute approximate surface area is 133 Å². The van der Waals surface area contributed by atoms with Crippen LogP contribution in [0.25, 0.3) is 10.8 Å². The lowest BCUT2D eigenvalue weighted by molar-refractivity contribution is 0.00578. The minimum Gasteiger partial charge on any atom is -0.399 e. The molecule has 1 aliphatic rings. The average molecular weight is 297 g/mol. The Hall–Kier alpha value is -1.52. The topological polar surface area (TPSA) is 21.7 Å². The molecule has 0 aromatic heterocycles. The molecule has 1 aliphatic heterocycles. The van der Waals surface area contributed by atoms with E-state index in [1.165, 1.54) is 16.5 Å². The highest BCUT2D eigenvalue weighted by atomic mass is 16.7. The van der Waals surface area contributed by atoms with Gasteiger partial charge in [-0.2, -0.15) is 0 Å². The summed E-state index contributed by atoms with van der Waals surface area (Å²) >= 11 is 0. The number of fused-ring (bicyclic) bond motifs is 1. The molecule has 1 heterocycles. The second-order valence-electron chi connectivity index (χ2n) is 7.24. The second-order valence-corrected chi connectivity index (χ2v) is 7.24. The summed E-state index contributed by atoms with van der Waals surface area (Å²) < 4.78 is 12.4. The van der Waals surface area contributed by atoms with Gasteiger partial charge in [0.05, 0.1) is 11.2 Å². The van der Waals surface area contributed by atoms with Gasteiger partial charge in [-0.3, -0.25) is 0 Å². The third kappa shape index (κ3) is 2.40. The van der Waals surface area contributed by atoms with Crippen LogP contribution in [0.3, 0.4) is 0 Å². The molecule has 0 atom stereocenters. The monoisotopic (exact) mass is 297 g/mol. The van der Waals surface area contributed by atoms with E-state index in [1.807, 2.05) is 0 Å². The fourth-order valence-corrected chi connectivity index (χ4v) is 2.80. The zero-order valence-corrected chi connectivity index (χ0v) is 14.3. The molecule has 2 aromatic rings. The van der Waals surface area contributed by atoms with Crippen LogP contribution in [0.15, 0.2) is 36.4 Å². The Kier molecular flexibility index (Phi) is 3.50. The maximum absolute atomic E-state index is 6.19. The first-order valence-corrected chi connectivity index (χ1v) is 7.77. The van der Waals surface area contributed by atoms with Crippen LogP contribution in [0.5, 0.6) is 0 Å². The second kappa shape index (κ2) is 5.00. The summed E-state index contributed by atoms with van der Waals surface area (Å²) in [5, 5.41) is 2.45. The van der Waals surface area contributed by atoms with Gasteiger partial charge in [0.1, 0.15) is 0 Å². The van der Waals surface area contributed by atoms with Gasteiger partial charge in [0.2, 0.25) is 0 Å². The van der Waals surface area contributed by atoms with E-state index in [4.69, 9.17) is 9.31 Å². The molecular weight excluding hydrogens is 273 g/mol. The molecule has 3 nitrogen and oxygen atoms in total. The number of rotatable bonds is 2. The van der Waals surface area contributed by atoms with Gasteiger partial charge in [-0.1, -0.05) is 30.3 Å². The van der Waals surface area contributed by atoms with Crippen LogP contribution in [-0.4, -0.2) is 32.4 Å². The summed E-state index contributed by atoms with van der Waals surface area (Å²) in [6.07, 6.45) is 0. The lowest BCUT2D eigenvalue weighted by atomic mass is 9.77. The number of hydrogen-bond donors (Lipinski definition) is 0. The largest absolute Gasteiger partial charge is 0.494 e. The first kappa shape index (κ1) is 15.4. The van der Waals surface area contributed by atoms with Crippen LogP contribution in [0.1, 0.15) is 27.7 Å². The molecule has 1 fully saturated rings. The molecule has 116 valence electrons. The summed E-state index contributed by atoms with van der Waals surface area (Å²) in [5.74, 6) is 0. The molecule has 0 spiro atoms. The Morgan fingerprint density at radius 1 is 0.909 bits per heavy atom. The lowest BCUT2D eigenvalue weighted by Crippen LogP contribution is -2.41. The fraction of sp³-hybridized carbons (Fsp3) is 0.444. The van der Waals surface area contributed by atoms with Crippen LogP contribution in [0.4, 0.5) is 5.69 Å². The van der Waals surface area contributed by atoms with Crippen molar-refractivity contribution in [2.75, 3.05) is 19.0 Å². The van der Waals surface area contributed by atoms with Gasteiger partial charge in [-0.25, -0.2) is 0 Å². The Morgan fingerprint density at radius 3 is 2.09 bits per heavy atom. The third-order valence-electron chi connectivity index (χ3n) is 4.87. The predicted molar refractivity (Wildman–Crippen MR) is 94.0 cm³/mol. The molecule has 3 rings (SSSR count). The minimum atomic E-state index is -0.326. The summed E-state index contributed by atoms with van der Waals surface area (Å²) in [4.78, 5) is 2.14. The van der Waals surface area contributed by atoms with E-state index in [1.54, 1.807) is 0 Å². The molecule has 1 saturated heterocycles. The van der Waals surface area contributed by atoms with Gasteiger partial charge in [0, 0.05) is 25.2 Å². The standard InChI is InChI=1S/C18H24BNO2/c1-17(2)18(3,4)22-19(21-17)14-11-13-9-7-8-10-15(13)16(12-14)20(5)6/h7-12H,1-6H3. The summed E-state index contributed by atoms with van der Waals surface area (Å²) in [5.41, 5.74) is 1.62. The van der Waals surface area contributed by atoms with E-state index >= 15 is 0 Å². The van der Waals surface area contributed by atoms with Gasteiger partial charge >= 0.3 is 7.12 Å². The van der Waals surface area contributed by atoms with Crippen LogP contribution in [0.2, 0.25) is 0 Å². The van der Waals surface area contributed by atoms with Crippen LogP contribution < -0.4 is 10.4 Å². The van der Waals surface area contributed by atoms with E-state index in [9.17, 15) is 0 Å². The number of hydrogen-bond acceptors (Lipinski definition) is 3. The van der Waals surface area contributed by atoms with E-state index in [2.05, 4.69) is 83.1 Å². The fourth-order valence-electron chi connectivity index (χ4n) is 2.80. The number of anilines is 1.